The molecule has 1 aliphatic rings. The highest BCUT2D eigenvalue weighted by Crippen LogP contribution is 2.36. The van der Waals surface area contributed by atoms with Crippen molar-refractivity contribution in [2.75, 3.05) is 13.7 Å². The first-order valence-electron chi connectivity index (χ1n) is 9.38. The fraction of sp³-hybridized carbons (Fsp3) is 0.571. The fourth-order valence-corrected chi connectivity index (χ4v) is 4.16. The maximum Gasteiger partial charge on any atom is 0.306 e. The number of carbonyl (C=O) groups is 1. The molecule has 0 radical (unpaired) electrons. The van der Waals surface area contributed by atoms with Crippen molar-refractivity contribution in [2.45, 2.75) is 63.9 Å². The third-order valence-electron chi connectivity index (χ3n) is 5.00. The van der Waals surface area contributed by atoms with Gasteiger partial charge in [0.25, 0.3) is 0 Å². The lowest BCUT2D eigenvalue weighted by molar-refractivity contribution is -0.159. The highest BCUT2D eigenvalue weighted by atomic mass is 127. The number of rotatable bonds is 10. The smallest absolute Gasteiger partial charge is 0.306 e. The van der Waals surface area contributed by atoms with E-state index in [1.165, 1.54) is 12.8 Å². The maximum atomic E-state index is 12.1. The van der Waals surface area contributed by atoms with Gasteiger partial charge in [0.15, 0.2) is 11.5 Å². The molecule has 1 aliphatic carbocycles. The van der Waals surface area contributed by atoms with Crippen LogP contribution in [0.1, 0.15) is 63.9 Å². The highest BCUT2D eigenvalue weighted by molar-refractivity contribution is 14.1. The summed E-state index contributed by atoms with van der Waals surface area (Å²) >= 11 is 2.24. The van der Waals surface area contributed by atoms with Crippen LogP contribution in [-0.4, -0.2) is 25.3 Å². The van der Waals surface area contributed by atoms with Crippen LogP contribution < -0.4 is 9.47 Å². The van der Waals surface area contributed by atoms with Crippen LogP contribution in [0.15, 0.2) is 18.7 Å². The van der Waals surface area contributed by atoms with E-state index in [9.17, 15) is 4.79 Å². The zero-order valence-electron chi connectivity index (χ0n) is 15.8. The summed E-state index contributed by atoms with van der Waals surface area (Å²) in [5.41, 5.74) is 0.808. The molecule has 0 bridgehead atoms. The number of hydrogen-bond acceptors (Lipinski definition) is 4. The summed E-state index contributed by atoms with van der Waals surface area (Å²) in [5.74, 6) is 1.38. The molecule has 2 rings (SSSR count). The van der Waals surface area contributed by atoms with Crippen molar-refractivity contribution >= 4 is 34.6 Å². The molecule has 0 aromatic heterocycles. The van der Waals surface area contributed by atoms with Gasteiger partial charge in [-0.2, -0.15) is 0 Å². The summed E-state index contributed by atoms with van der Waals surface area (Å²) < 4.78 is 18.1. The number of methoxy groups -OCH3 is 1. The SMILES string of the molecule is C=Cc1cc(I)c(OCCCCC(=O)OC2(CC)CCCC2)c(OC)c1. The van der Waals surface area contributed by atoms with E-state index < -0.39 is 0 Å². The predicted molar refractivity (Wildman–Crippen MR) is 113 cm³/mol. The molecule has 0 aliphatic heterocycles. The van der Waals surface area contributed by atoms with Crippen LogP contribution >= 0.6 is 22.6 Å². The molecule has 0 N–H and O–H groups in total. The quantitative estimate of drug-likeness (QED) is 0.247. The summed E-state index contributed by atoms with van der Waals surface area (Å²) in [6.45, 7) is 6.44. The average Bonchev–Trinajstić information content (AvgIpc) is 3.10. The van der Waals surface area contributed by atoms with Gasteiger partial charge in [-0.3, -0.25) is 4.79 Å². The van der Waals surface area contributed by atoms with Crippen LogP contribution in [0.25, 0.3) is 6.08 Å². The van der Waals surface area contributed by atoms with Crippen molar-refractivity contribution in [3.63, 3.8) is 0 Å². The van der Waals surface area contributed by atoms with Gasteiger partial charge in [0, 0.05) is 6.42 Å². The number of ether oxygens (including phenoxy) is 3. The summed E-state index contributed by atoms with van der Waals surface area (Å²) in [5, 5.41) is 0. The monoisotopic (exact) mass is 472 g/mol. The molecular formula is C21H29IO4. The first kappa shape index (κ1) is 21.1. The molecule has 1 aromatic carbocycles. The van der Waals surface area contributed by atoms with Crippen LogP contribution in [0.5, 0.6) is 11.5 Å². The minimum Gasteiger partial charge on any atom is -0.493 e. The van der Waals surface area contributed by atoms with Gasteiger partial charge in [-0.25, -0.2) is 0 Å². The minimum atomic E-state index is -0.191. The van der Waals surface area contributed by atoms with Gasteiger partial charge >= 0.3 is 5.97 Å². The molecular weight excluding hydrogens is 443 g/mol. The van der Waals surface area contributed by atoms with Gasteiger partial charge in [-0.1, -0.05) is 19.6 Å². The van der Waals surface area contributed by atoms with Crippen LogP contribution in [-0.2, 0) is 9.53 Å². The summed E-state index contributed by atoms with van der Waals surface area (Å²) in [4.78, 5) is 12.1. The molecule has 0 unspecified atom stereocenters. The minimum absolute atomic E-state index is 0.0729. The largest absolute Gasteiger partial charge is 0.493 e. The molecule has 144 valence electrons. The second kappa shape index (κ2) is 10.2. The number of carbonyl (C=O) groups excluding carboxylic acids is 1. The predicted octanol–water partition coefficient (Wildman–Crippen LogP) is 5.76. The molecule has 0 saturated heterocycles. The number of halogens is 1. The molecule has 26 heavy (non-hydrogen) atoms. The molecule has 0 amide bonds. The van der Waals surface area contributed by atoms with Gasteiger partial charge in [-0.05, 0) is 85.2 Å². The third kappa shape index (κ3) is 5.63. The zero-order valence-corrected chi connectivity index (χ0v) is 18.0. The highest BCUT2D eigenvalue weighted by Gasteiger charge is 2.35. The molecule has 1 saturated carbocycles. The van der Waals surface area contributed by atoms with E-state index in [0.717, 1.165) is 47.0 Å². The molecule has 1 fully saturated rings. The number of esters is 1. The second-order valence-corrected chi connectivity index (χ2v) is 7.92. The van der Waals surface area contributed by atoms with Crippen molar-refractivity contribution in [3.8, 4) is 11.5 Å². The Balaban J connectivity index is 1.75. The Morgan fingerprint density at radius 2 is 2.04 bits per heavy atom. The maximum absolute atomic E-state index is 12.1. The standard InChI is InChI=1S/C21H29IO4/c1-4-16-14-17(22)20(18(15-16)24-3)25-13-9-6-10-19(23)26-21(5-2)11-7-8-12-21/h4,14-15H,1,5-13H2,2-3H3. The molecule has 4 nitrogen and oxygen atoms in total. The van der Waals surface area contributed by atoms with Crippen LogP contribution in [0, 0.1) is 3.57 Å². The molecule has 0 heterocycles. The summed E-state index contributed by atoms with van der Waals surface area (Å²) in [6.07, 6.45) is 9.08. The van der Waals surface area contributed by atoms with E-state index in [2.05, 4.69) is 36.1 Å². The van der Waals surface area contributed by atoms with E-state index in [4.69, 9.17) is 14.2 Å². The second-order valence-electron chi connectivity index (χ2n) is 6.76. The van der Waals surface area contributed by atoms with Crippen LogP contribution in [0.4, 0.5) is 0 Å². The van der Waals surface area contributed by atoms with Crippen molar-refractivity contribution in [3.05, 3.63) is 27.8 Å². The number of unbranched alkanes of at least 4 members (excludes halogenated alkanes) is 1. The normalized spacial score (nSPS) is 15.5. The van der Waals surface area contributed by atoms with Crippen LogP contribution in [0.2, 0.25) is 0 Å². The number of hydrogen-bond donors (Lipinski definition) is 0. The Bertz CT molecular complexity index is 621. The Morgan fingerprint density at radius 1 is 1.31 bits per heavy atom. The lowest BCUT2D eigenvalue weighted by atomic mass is 9.99. The van der Waals surface area contributed by atoms with Gasteiger partial charge in [0.1, 0.15) is 5.60 Å². The van der Waals surface area contributed by atoms with E-state index in [1.54, 1.807) is 13.2 Å². The van der Waals surface area contributed by atoms with Crippen molar-refractivity contribution in [1.82, 2.24) is 0 Å². The Hall–Kier alpha value is -1.24. The van der Waals surface area contributed by atoms with E-state index >= 15 is 0 Å². The summed E-state index contributed by atoms with van der Waals surface area (Å²) in [6, 6.07) is 3.92. The first-order chi connectivity index (χ1) is 12.5. The first-order valence-corrected chi connectivity index (χ1v) is 10.5. The van der Waals surface area contributed by atoms with Gasteiger partial charge in [-0.15, -0.1) is 0 Å². The number of benzene rings is 1. The summed E-state index contributed by atoms with van der Waals surface area (Å²) in [7, 11) is 1.63. The van der Waals surface area contributed by atoms with Gasteiger partial charge < -0.3 is 14.2 Å². The van der Waals surface area contributed by atoms with Gasteiger partial charge in [0.05, 0.1) is 17.3 Å². The Labute approximate surface area is 170 Å². The van der Waals surface area contributed by atoms with E-state index in [-0.39, 0.29) is 11.6 Å². The fourth-order valence-electron chi connectivity index (χ4n) is 3.38. The van der Waals surface area contributed by atoms with Crippen LogP contribution in [0.3, 0.4) is 0 Å². The lowest BCUT2D eigenvalue weighted by Crippen LogP contribution is -2.31. The Kier molecular flexibility index (Phi) is 8.25. The van der Waals surface area contributed by atoms with Crippen molar-refractivity contribution < 1.29 is 19.0 Å². The third-order valence-corrected chi connectivity index (χ3v) is 5.80. The Morgan fingerprint density at radius 3 is 2.65 bits per heavy atom. The van der Waals surface area contributed by atoms with E-state index in [1.807, 2.05) is 12.1 Å². The van der Waals surface area contributed by atoms with E-state index in [0.29, 0.717) is 18.8 Å². The molecule has 5 heteroatoms. The van der Waals surface area contributed by atoms with Crippen molar-refractivity contribution in [1.29, 1.82) is 0 Å². The zero-order chi connectivity index (χ0) is 19.0. The molecule has 1 aromatic rings. The van der Waals surface area contributed by atoms with Crippen molar-refractivity contribution in [2.24, 2.45) is 0 Å². The molecule has 0 atom stereocenters. The lowest BCUT2D eigenvalue weighted by Gasteiger charge is -2.27. The van der Waals surface area contributed by atoms with Gasteiger partial charge in [0.2, 0.25) is 0 Å². The molecule has 0 spiro atoms. The topological polar surface area (TPSA) is 44.8 Å². The average molecular weight is 472 g/mol.